The summed E-state index contributed by atoms with van der Waals surface area (Å²) in [6.07, 6.45) is -3.13. The minimum atomic E-state index is -4.87. The summed E-state index contributed by atoms with van der Waals surface area (Å²) < 4.78 is 86.0. The lowest BCUT2D eigenvalue weighted by atomic mass is 9.84. The standard InChI is InChI=1S/C12H15F.C9H6F6O.C4H11NO/c13-12-8-6-11(7-9-12)10-4-2-1-3-5-10;10-8(11,12)6-1-5(4-16)2-7(3-6)9(13,14)15;1-5(2)3-4-6/h6-10H,1-5H2;1-3,16H,4H2;6H,3-4H2,1-2H3. The maximum atomic E-state index is 12.7. The Kier molecular flexibility index (Phi) is 12.7. The van der Waals surface area contributed by atoms with Gasteiger partial charge in [0.25, 0.3) is 0 Å². The Morgan fingerprint density at radius 3 is 1.63 bits per heavy atom. The van der Waals surface area contributed by atoms with E-state index in [1.807, 2.05) is 31.1 Å². The van der Waals surface area contributed by atoms with Gasteiger partial charge in [0.1, 0.15) is 5.82 Å². The minimum Gasteiger partial charge on any atom is -0.395 e. The number of halogens is 7. The highest BCUT2D eigenvalue weighted by Gasteiger charge is 2.36. The quantitative estimate of drug-likeness (QED) is 0.453. The second-order valence-corrected chi connectivity index (χ2v) is 8.49. The van der Waals surface area contributed by atoms with Crippen LogP contribution in [-0.4, -0.2) is 42.4 Å². The molecule has 0 unspecified atom stereocenters. The van der Waals surface area contributed by atoms with E-state index in [1.54, 1.807) is 12.1 Å². The van der Waals surface area contributed by atoms with Crippen LogP contribution in [0.1, 0.15) is 60.3 Å². The summed E-state index contributed by atoms with van der Waals surface area (Å²) in [6, 6.07) is 7.99. The first-order valence-corrected chi connectivity index (χ1v) is 11.2. The lowest BCUT2D eigenvalue weighted by Gasteiger charge is -2.21. The van der Waals surface area contributed by atoms with Crippen LogP contribution in [0.15, 0.2) is 42.5 Å². The maximum Gasteiger partial charge on any atom is 0.416 e. The van der Waals surface area contributed by atoms with Gasteiger partial charge in [-0.25, -0.2) is 4.39 Å². The molecule has 1 fully saturated rings. The smallest absolute Gasteiger partial charge is 0.395 e. The molecule has 0 spiro atoms. The number of aliphatic hydroxyl groups excluding tert-OH is 2. The van der Waals surface area contributed by atoms with Crippen LogP contribution in [-0.2, 0) is 19.0 Å². The van der Waals surface area contributed by atoms with Gasteiger partial charge >= 0.3 is 12.4 Å². The van der Waals surface area contributed by atoms with Crippen molar-refractivity contribution in [3.05, 3.63) is 70.5 Å². The highest BCUT2D eigenvalue weighted by Crippen LogP contribution is 2.36. The second kappa shape index (κ2) is 14.4. The number of benzene rings is 2. The zero-order chi connectivity index (χ0) is 26.6. The molecule has 1 aliphatic rings. The first kappa shape index (κ1) is 30.9. The minimum absolute atomic E-state index is 0.0131. The normalized spacial score (nSPS) is 14.6. The highest BCUT2D eigenvalue weighted by molar-refractivity contribution is 5.33. The predicted octanol–water partition coefficient (Wildman–Crippen LogP) is 6.63. The van der Waals surface area contributed by atoms with E-state index >= 15 is 0 Å². The second-order valence-electron chi connectivity index (χ2n) is 8.49. The van der Waals surface area contributed by atoms with Crippen LogP contribution in [0.2, 0.25) is 0 Å². The molecule has 2 aromatic carbocycles. The lowest BCUT2D eigenvalue weighted by molar-refractivity contribution is -0.143. The summed E-state index contributed by atoms with van der Waals surface area (Å²) in [5.74, 6) is 0.564. The number of rotatable bonds is 4. The average molecular weight is 512 g/mol. The van der Waals surface area contributed by atoms with Gasteiger partial charge in [-0.3, -0.25) is 0 Å². The van der Waals surface area contributed by atoms with Crippen molar-refractivity contribution >= 4 is 0 Å². The van der Waals surface area contributed by atoms with Gasteiger partial charge in [-0.05, 0) is 74.3 Å². The Hall–Kier alpha value is -2.17. The SMILES string of the molecule is CN(C)CCO.Fc1ccc(C2CCCCC2)cc1.OCc1cc(C(F)(F)F)cc(C(F)(F)F)c1. The van der Waals surface area contributed by atoms with E-state index in [4.69, 9.17) is 10.2 Å². The first-order valence-electron chi connectivity index (χ1n) is 11.2. The van der Waals surface area contributed by atoms with Gasteiger partial charge in [0.2, 0.25) is 0 Å². The molecule has 0 aliphatic heterocycles. The monoisotopic (exact) mass is 511 g/mol. The van der Waals surface area contributed by atoms with E-state index in [0.717, 1.165) is 6.54 Å². The van der Waals surface area contributed by atoms with Crippen molar-refractivity contribution in [1.82, 2.24) is 4.90 Å². The fourth-order valence-corrected chi connectivity index (χ4v) is 3.48. The molecule has 0 radical (unpaired) electrons. The predicted molar refractivity (Wildman–Crippen MR) is 120 cm³/mol. The van der Waals surface area contributed by atoms with Gasteiger partial charge in [0, 0.05) is 6.54 Å². The Balaban J connectivity index is 0.000000289. The third-order valence-corrected chi connectivity index (χ3v) is 5.32. The Morgan fingerprint density at radius 1 is 0.800 bits per heavy atom. The summed E-state index contributed by atoms with van der Waals surface area (Å²) in [7, 11) is 3.85. The van der Waals surface area contributed by atoms with Gasteiger partial charge < -0.3 is 15.1 Å². The zero-order valence-electron chi connectivity index (χ0n) is 19.8. The Bertz CT molecular complexity index is 827. The van der Waals surface area contributed by atoms with Gasteiger partial charge in [-0.2, -0.15) is 26.3 Å². The number of likely N-dealkylation sites (N-methyl/N-ethyl adjacent to an activating group) is 1. The molecule has 198 valence electrons. The third kappa shape index (κ3) is 11.9. The van der Waals surface area contributed by atoms with Crippen LogP contribution in [0.3, 0.4) is 0 Å². The topological polar surface area (TPSA) is 43.7 Å². The molecule has 10 heteroatoms. The number of alkyl halides is 6. The molecule has 1 saturated carbocycles. The highest BCUT2D eigenvalue weighted by atomic mass is 19.4. The van der Waals surface area contributed by atoms with Crippen LogP contribution in [0.4, 0.5) is 30.7 Å². The van der Waals surface area contributed by atoms with Crippen LogP contribution in [0.5, 0.6) is 0 Å². The van der Waals surface area contributed by atoms with Gasteiger partial charge in [0.15, 0.2) is 0 Å². The lowest BCUT2D eigenvalue weighted by Crippen LogP contribution is -2.15. The van der Waals surface area contributed by atoms with Crippen molar-refractivity contribution < 1.29 is 40.9 Å². The number of hydrogen-bond acceptors (Lipinski definition) is 3. The molecule has 3 rings (SSSR count). The summed E-state index contributed by atoms with van der Waals surface area (Å²) in [6.45, 7) is 0.139. The molecule has 35 heavy (non-hydrogen) atoms. The Labute approximate surface area is 201 Å². The Morgan fingerprint density at radius 2 is 1.29 bits per heavy atom. The van der Waals surface area contributed by atoms with E-state index in [9.17, 15) is 30.7 Å². The van der Waals surface area contributed by atoms with E-state index in [-0.39, 0.29) is 18.5 Å². The van der Waals surface area contributed by atoms with Crippen LogP contribution in [0.25, 0.3) is 0 Å². The number of aliphatic hydroxyl groups is 2. The molecule has 0 bridgehead atoms. The molecular formula is C25H32F7NO2. The molecule has 0 atom stereocenters. The summed E-state index contributed by atoms with van der Waals surface area (Å²) in [5.41, 5.74) is -1.96. The molecule has 0 amide bonds. The number of hydrogen-bond donors (Lipinski definition) is 2. The molecule has 3 nitrogen and oxygen atoms in total. The third-order valence-electron chi connectivity index (χ3n) is 5.32. The fraction of sp³-hybridized carbons (Fsp3) is 0.520. The molecule has 0 saturated heterocycles. The summed E-state index contributed by atoms with van der Waals surface area (Å²) >= 11 is 0. The largest absolute Gasteiger partial charge is 0.416 e. The van der Waals surface area contributed by atoms with E-state index < -0.39 is 35.6 Å². The fourth-order valence-electron chi connectivity index (χ4n) is 3.48. The van der Waals surface area contributed by atoms with E-state index in [2.05, 4.69) is 0 Å². The maximum absolute atomic E-state index is 12.7. The van der Waals surface area contributed by atoms with E-state index in [0.29, 0.717) is 18.1 Å². The average Bonchev–Trinajstić information content (AvgIpc) is 2.79. The van der Waals surface area contributed by atoms with Gasteiger partial charge in [-0.1, -0.05) is 31.4 Å². The first-order chi connectivity index (χ1) is 16.3. The van der Waals surface area contributed by atoms with Crippen LogP contribution in [0, 0.1) is 5.82 Å². The zero-order valence-corrected chi connectivity index (χ0v) is 19.8. The van der Waals surface area contributed by atoms with Crippen molar-refractivity contribution in [2.45, 2.75) is 57.0 Å². The van der Waals surface area contributed by atoms with Crippen LogP contribution >= 0.6 is 0 Å². The molecular weight excluding hydrogens is 479 g/mol. The number of nitrogens with zero attached hydrogens (tertiary/aromatic N) is 1. The molecule has 0 heterocycles. The van der Waals surface area contributed by atoms with Crippen molar-refractivity contribution in [3.63, 3.8) is 0 Å². The van der Waals surface area contributed by atoms with E-state index in [1.165, 1.54) is 37.7 Å². The van der Waals surface area contributed by atoms with Gasteiger partial charge in [0.05, 0.1) is 24.3 Å². The molecule has 2 aromatic rings. The molecule has 1 aliphatic carbocycles. The molecule has 2 N–H and O–H groups in total. The van der Waals surface area contributed by atoms with Gasteiger partial charge in [-0.15, -0.1) is 0 Å². The van der Waals surface area contributed by atoms with Crippen molar-refractivity contribution in [2.75, 3.05) is 27.2 Å². The van der Waals surface area contributed by atoms with Crippen LogP contribution < -0.4 is 0 Å². The van der Waals surface area contributed by atoms with Crippen molar-refractivity contribution in [3.8, 4) is 0 Å². The van der Waals surface area contributed by atoms with Crippen molar-refractivity contribution in [2.24, 2.45) is 0 Å². The summed E-state index contributed by atoms with van der Waals surface area (Å²) in [4.78, 5) is 1.93. The summed E-state index contributed by atoms with van der Waals surface area (Å²) in [5, 5.41) is 16.8. The molecule has 0 aromatic heterocycles. The van der Waals surface area contributed by atoms with Crippen molar-refractivity contribution in [1.29, 1.82) is 0 Å².